The highest BCUT2D eigenvalue weighted by atomic mass is 79.9. The molecule has 5 nitrogen and oxygen atoms in total. The average Bonchev–Trinajstić information content (AvgIpc) is 2.77. The molecule has 1 heterocycles. The van der Waals surface area contributed by atoms with E-state index >= 15 is 0 Å². The van der Waals surface area contributed by atoms with Gasteiger partial charge in [0, 0.05) is 17.4 Å². The van der Waals surface area contributed by atoms with Crippen LogP contribution >= 0.6 is 15.9 Å². The molecule has 0 radical (unpaired) electrons. The number of aromatic nitrogens is 2. The summed E-state index contributed by atoms with van der Waals surface area (Å²) in [6.07, 6.45) is 3.28. The third-order valence-electron chi connectivity index (χ3n) is 3.09. The summed E-state index contributed by atoms with van der Waals surface area (Å²) in [4.78, 5) is 22.7. The molecule has 0 spiro atoms. The van der Waals surface area contributed by atoms with Gasteiger partial charge in [-0.3, -0.25) is 9.59 Å². The predicted molar refractivity (Wildman–Crippen MR) is 67.2 cm³/mol. The highest BCUT2D eigenvalue weighted by Crippen LogP contribution is 2.27. The maximum atomic E-state index is 11.9. The Bertz CT molecular complexity index is 440. The van der Waals surface area contributed by atoms with E-state index in [0.29, 0.717) is 5.92 Å². The van der Waals surface area contributed by atoms with E-state index in [1.807, 2.05) is 0 Å². The Hall–Kier alpha value is -1.17. The number of nitrogens with zero attached hydrogens (tertiary/aromatic N) is 1. The molecule has 1 amide bonds. The van der Waals surface area contributed by atoms with Crippen LogP contribution in [0.1, 0.15) is 29.8 Å². The molecule has 0 saturated heterocycles. The smallest absolute Gasteiger partial charge is 0.271 e. The molecule has 1 aliphatic carbocycles. The van der Waals surface area contributed by atoms with Crippen molar-refractivity contribution in [3.63, 3.8) is 0 Å². The van der Waals surface area contributed by atoms with Crippen LogP contribution in [0.2, 0.25) is 0 Å². The first-order chi connectivity index (χ1) is 8.20. The first-order valence-electron chi connectivity index (χ1n) is 5.63. The van der Waals surface area contributed by atoms with Gasteiger partial charge in [-0.15, -0.1) is 0 Å². The molecule has 6 heteroatoms. The Morgan fingerprint density at radius 2 is 2.35 bits per heavy atom. The minimum Gasteiger partial charge on any atom is -0.348 e. The van der Waals surface area contributed by atoms with Crippen molar-refractivity contribution in [2.45, 2.75) is 25.3 Å². The summed E-state index contributed by atoms with van der Waals surface area (Å²) >= 11 is 3.46. The van der Waals surface area contributed by atoms with Crippen molar-refractivity contribution in [3.05, 3.63) is 28.2 Å². The minimum absolute atomic E-state index is 0.204. The fourth-order valence-corrected chi connectivity index (χ4v) is 2.90. The average molecular weight is 300 g/mol. The Kier molecular flexibility index (Phi) is 3.93. The molecule has 1 aromatic rings. The third-order valence-corrected chi connectivity index (χ3v) is 3.92. The van der Waals surface area contributed by atoms with E-state index in [1.165, 1.54) is 12.1 Å². The lowest BCUT2D eigenvalue weighted by atomic mass is 10.1. The maximum Gasteiger partial charge on any atom is 0.271 e. The van der Waals surface area contributed by atoms with Crippen LogP contribution in [0.5, 0.6) is 0 Å². The summed E-state index contributed by atoms with van der Waals surface area (Å²) in [5, 5.41) is 9.83. The zero-order valence-electron chi connectivity index (χ0n) is 9.28. The van der Waals surface area contributed by atoms with Gasteiger partial charge in [0.1, 0.15) is 5.69 Å². The molecule has 0 aromatic carbocycles. The van der Waals surface area contributed by atoms with Gasteiger partial charge in [0.05, 0.1) is 0 Å². The fourth-order valence-electron chi connectivity index (χ4n) is 2.12. The second kappa shape index (κ2) is 5.44. The standard InChI is InChI=1S/C11H14BrN3O2/c12-6-7-2-1-3-8(7)13-11(17)9-4-5-10(16)15-14-9/h4-5,7-8H,1-3,6H2,(H,13,17)(H,15,16). The SMILES string of the molecule is O=C(NC1CCCC1CBr)c1ccc(=O)[nH]n1. The normalized spacial score (nSPS) is 23.6. The highest BCUT2D eigenvalue weighted by molar-refractivity contribution is 9.09. The number of halogens is 1. The van der Waals surface area contributed by atoms with Gasteiger partial charge in [-0.1, -0.05) is 22.4 Å². The van der Waals surface area contributed by atoms with Crippen molar-refractivity contribution in [2.75, 3.05) is 5.33 Å². The number of aromatic amines is 1. The topological polar surface area (TPSA) is 74.8 Å². The molecule has 1 aromatic heterocycles. The van der Waals surface area contributed by atoms with Crippen LogP contribution in [-0.2, 0) is 0 Å². The van der Waals surface area contributed by atoms with Crippen molar-refractivity contribution in [1.82, 2.24) is 15.5 Å². The number of hydrogen-bond acceptors (Lipinski definition) is 3. The number of carbonyl (C=O) groups excluding carboxylic acids is 1. The fraction of sp³-hybridized carbons (Fsp3) is 0.545. The van der Waals surface area contributed by atoms with Crippen LogP contribution in [0.15, 0.2) is 16.9 Å². The lowest BCUT2D eigenvalue weighted by Crippen LogP contribution is -2.38. The Morgan fingerprint density at radius 3 is 3.00 bits per heavy atom. The van der Waals surface area contributed by atoms with Crippen LogP contribution in [0.4, 0.5) is 0 Å². The number of rotatable bonds is 3. The van der Waals surface area contributed by atoms with E-state index in [9.17, 15) is 9.59 Å². The Balaban J connectivity index is 2.01. The van der Waals surface area contributed by atoms with Gasteiger partial charge in [-0.25, -0.2) is 5.10 Å². The second-order valence-corrected chi connectivity index (χ2v) is 4.88. The summed E-state index contributed by atoms with van der Waals surface area (Å²) in [5.41, 5.74) is -0.0504. The van der Waals surface area contributed by atoms with Crippen molar-refractivity contribution < 1.29 is 4.79 Å². The molecule has 92 valence electrons. The monoisotopic (exact) mass is 299 g/mol. The molecule has 17 heavy (non-hydrogen) atoms. The van der Waals surface area contributed by atoms with E-state index in [2.05, 4.69) is 31.4 Å². The van der Waals surface area contributed by atoms with Crippen molar-refractivity contribution >= 4 is 21.8 Å². The molecule has 1 aliphatic rings. The lowest BCUT2D eigenvalue weighted by molar-refractivity contribution is 0.0924. The quantitative estimate of drug-likeness (QED) is 0.820. The van der Waals surface area contributed by atoms with Gasteiger partial charge in [0.2, 0.25) is 0 Å². The summed E-state index contributed by atoms with van der Waals surface area (Å²) < 4.78 is 0. The first-order valence-corrected chi connectivity index (χ1v) is 6.75. The zero-order chi connectivity index (χ0) is 12.3. The van der Waals surface area contributed by atoms with Crippen LogP contribution in [0.3, 0.4) is 0 Å². The van der Waals surface area contributed by atoms with E-state index in [1.54, 1.807) is 0 Å². The molecule has 0 aliphatic heterocycles. The summed E-state index contributed by atoms with van der Waals surface area (Å²) in [6, 6.07) is 2.95. The zero-order valence-corrected chi connectivity index (χ0v) is 10.9. The second-order valence-electron chi connectivity index (χ2n) is 4.23. The van der Waals surface area contributed by atoms with E-state index < -0.39 is 0 Å². The number of hydrogen-bond donors (Lipinski definition) is 2. The molecular formula is C11H14BrN3O2. The van der Waals surface area contributed by atoms with Crippen LogP contribution < -0.4 is 10.9 Å². The largest absolute Gasteiger partial charge is 0.348 e. The number of H-pyrrole nitrogens is 1. The van der Waals surface area contributed by atoms with Gasteiger partial charge in [-0.05, 0) is 24.8 Å². The molecule has 2 N–H and O–H groups in total. The van der Waals surface area contributed by atoms with E-state index in [-0.39, 0.29) is 23.2 Å². The molecule has 2 rings (SSSR count). The maximum absolute atomic E-state index is 11.9. The van der Waals surface area contributed by atoms with Crippen molar-refractivity contribution in [2.24, 2.45) is 5.92 Å². The van der Waals surface area contributed by atoms with Gasteiger partial charge < -0.3 is 5.32 Å². The first kappa shape index (κ1) is 12.3. The number of nitrogens with one attached hydrogen (secondary N) is 2. The Labute approximate surface area is 107 Å². The minimum atomic E-state index is -0.305. The van der Waals surface area contributed by atoms with E-state index in [0.717, 1.165) is 24.6 Å². The van der Waals surface area contributed by atoms with Gasteiger partial charge in [-0.2, -0.15) is 5.10 Å². The highest BCUT2D eigenvalue weighted by Gasteiger charge is 2.28. The molecule has 2 atom stereocenters. The Morgan fingerprint density at radius 1 is 1.53 bits per heavy atom. The van der Waals surface area contributed by atoms with Crippen LogP contribution in [0, 0.1) is 5.92 Å². The molecule has 2 unspecified atom stereocenters. The molecule has 0 bridgehead atoms. The van der Waals surface area contributed by atoms with Crippen molar-refractivity contribution in [3.8, 4) is 0 Å². The van der Waals surface area contributed by atoms with Crippen LogP contribution in [0.25, 0.3) is 0 Å². The number of carbonyl (C=O) groups is 1. The summed E-state index contributed by atoms with van der Waals surface area (Å²) in [7, 11) is 0. The third kappa shape index (κ3) is 2.94. The number of alkyl halides is 1. The predicted octanol–water partition coefficient (Wildman–Crippen LogP) is 1.06. The molecular weight excluding hydrogens is 286 g/mol. The lowest BCUT2D eigenvalue weighted by Gasteiger charge is -2.18. The summed E-state index contributed by atoms with van der Waals surface area (Å²) in [5.74, 6) is 0.265. The molecule has 1 fully saturated rings. The van der Waals surface area contributed by atoms with Gasteiger partial charge in [0.15, 0.2) is 0 Å². The van der Waals surface area contributed by atoms with Gasteiger partial charge in [0.25, 0.3) is 11.5 Å². The number of amides is 1. The van der Waals surface area contributed by atoms with E-state index in [4.69, 9.17) is 0 Å². The molecule has 1 saturated carbocycles. The van der Waals surface area contributed by atoms with Crippen molar-refractivity contribution in [1.29, 1.82) is 0 Å². The summed E-state index contributed by atoms with van der Waals surface area (Å²) in [6.45, 7) is 0. The van der Waals surface area contributed by atoms with Gasteiger partial charge >= 0.3 is 0 Å². The van der Waals surface area contributed by atoms with Crippen LogP contribution in [-0.4, -0.2) is 27.5 Å².